The van der Waals surface area contributed by atoms with E-state index in [2.05, 4.69) is 4.98 Å². The minimum Gasteiger partial charge on any atom is -0.478 e. The minimum atomic E-state index is -1.14. The lowest BCUT2D eigenvalue weighted by Crippen LogP contribution is -2.04. The third-order valence-electron chi connectivity index (χ3n) is 1.52. The number of nitrogens with zero attached hydrogens (tertiary/aromatic N) is 2. The predicted octanol–water partition coefficient (Wildman–Crippen LogP) is 0.899. The van der Waals surface area contributed by atoms with E-state index in [-0.39, 0.29) is 11.4 Å². The summed E-state index contributed by atoms with van der Waals surface area (Å²) in [7, 11) is 0. The Labute approximate surface area is 80.1 Å². The Morgan fingerprint density at radius 3 is 3.00 bits per heavy atom. The van der Waals surface area contributed by atoms with Crippen molar-refractivity contribution in [2.24, 2.45) is 0 Å². The summed E-state index contributed by atoms with van der Waals surface area (Å²) < 4.78 is 0. The highest BCUT2D eigenvalue weighted by atomic mass is 16.4. The molecule has 0 bridgehead atoms. The van der Waals surface area contributed by atoms with Crippen LogP contribution >= 0.6 is 0 Å². The Hall–Kier alpha value is -2.35. The molecule has 0 aliphatic rings. The van der Waals surface area contributed by atoms with Crippen LogP contribution in [0.3, 0.4) is 0 Å². The largest absolute Gasteiger partial charge is 0.478 e. The third-order valence-corrected chi connectivity index (χ3v) is 1.52. The smallest absolute Gasteiger partial charge is 0.339 e. The molecule has 5 heteroatoms. The molecular formula is C9H7N3O2. The summed E-state index contributed by atoms with van der Waals surface area (Å²) in [6.07, 6.45) is 4.09. The summed E-state index contributed by atoms with van der Waals surface area (Å²) in [5.41, 5.74) is 5.80. The highest BCUT2D eigenvalue weighted by Gasteiger charge is 2.08. The number of nitrogen functional groups attached to an aromatic ring is 1. The number of nitrogens with two attached hydrogens (primary N) is 1. The van der Waals surface area contributed by atoms with E-state index in [9.17, 15) is 4.79 Å². The minimum absolute atomic E-state index is 0.0355. The van der Waals surface area contributed by atoms with Crippen LogP contribution in [0.15, 0.2) is 18.3 Å². The molecule has 1 heterocycles. The molecule has 0 aromatic carbocycles. The molecule has 5 nitrogen and oxygen atoms in total. The lowest BCUT2D eigenvalue weighted by Gasteiger charge is -1.99. The van der Waals surface area contributed by atoms with Gasteiger partial charge < -0.3 is 10.8 Å². The van der Waals surface area contributed by atoms with Gasteiger partial charge in [0, 0.05) is 12.3 Å². The molecule has 0 saturated carbocycles. The van der Waals surface area contributed by atoms with Gasteiger partial charge in [0.1, 0.15) is 11.4 Å². The molecule has 14 heavy (non-hydrogen) atoms. The lowest BCUT2D eigenvalue weighted by atomic mass is 10.2. The van der Waals surface area contributed by atoms with Crippen molar-refractivity contribution in [3.63, 3.8) is 0 Å². The lowest BCUT2D eigenvalue weighted by molar-refractivity contribution is 0.0697. The molecule has 0 spiro atoms. The van der Waals surface area contributed by atoms with Crippen LogP contribution in [0.2, 0.25) is 0 Å². The van der Waals surface area contributed by atoms with Gasteiger partial charge in [0.05, 0.1) is 6.07 Å². The molecule has 3 N–H and O–H groups in total. The van der Waals surface area contributed by atoms with E-state index < -0.39 is 5.97 Å². The summed E-state index contributed by atoms with van der Waals surface area (Å²) in [5, 5.41) is 17.0. The van der Waals surface area contributed by atoms with Gasteiger partial charge >= 0.3 is 5.97 Å². The summed E-state index contributed by atoms with van der Waals surface area (Å²) in [4.78, 5) is 14.3. The van der Waals surface area contributed by atoms with Crippen molar-refractivity contribution in [3.05, 3.63) is 29.5 Å². The number of rotatable bonds is 2. The zero-order valence-corrected chi connectivity index (χ0v) is 7.14. The van der Waals surface area contributed by atoms with Crippen molar-refractivity contribution in [1.82, 2.24) is 4.98 Å². The molecule has 0 unspecified atom stereocenters. The summed E-state index contributed by atoms with van der Waals surface area (Å²) in [6.45, 7) is 0. The maximum Gasteiger partial charge on any atom is 0.339 e. The van der Waals surface area contributed by atoms with Gasteiger partial charge in [-0.2, -0.15) is 5.26 Å². The molecule has 0 fully saturated rings. The Morgan fingerprint density at radius 2 is 2.43 bits per heavy atom. The molecule has 70 valence electrons. The van der Waals surface area contributed by atoms with Crippen LogP contribution in [-0.4, -0.2) is 16.1 Å². The van der Waals surface area contributed by atoms with Crippen molar-refractivity contribution >= 4 is 17.9 Å². The fraction of sp³-hybridized carbons (Fsp3) is 0. The molecular weight excluding hydrogens is 182 g/mol. The maximum absolute atomic E-state index is 10.6. The number of pyridine rings is 1. The number of nitriles is 1. The second kappa shape index (κ2) is 4.05. The first-order chi connectivity index (χ1) is 6.65. The summed E-state index contributed by atoms with van der Waals surface area (Å²) in [5.74, 6) is -1.17. The molecule has 0 radical (unpaired) electrons. The maximum atomic E-state index is 10.6. The third kappa shape index (κ3) is 2.08. The number of carboxylic acids is 1. The van der Waals surface area contributed by atoms with Gasteiger partial charge in [0.15, 0.2) is 0 Å². The topological polar surface area (TPSA) is 100 Å². The number of allylic oxidation sites excluding steroid dienone is 1. The van der Waals surface area contributed by atoms with Crippen molar-refractivity contribution in [1.29, 1.82) is 5.26 Å². The van der Waals surface area contributed by atoms with Gasteiger partial charge in [-0.05, 0) is 17.7 Å². The van der Waals surface area contributed by atoms with Crippen molar-refractivity contribution in [2.75, 3.05) is 5.73 Å². The van der Waals surface area contributed by atoms with E-state index in [1.54, 1.807) is 6.07 Å². The van der Waals surface area contributed by atoms with Crippen LogP contribution in [0.1, 0.15) is 15.9 Å². The zero-order chi connectivity index (χ0) is 10.6. The Bertz CT molecular complexity index is 432. The number of hydrogen-bond donors (Lipinski definition) is 2. The average Bonchev–Trinajstić information content (AvgIpc) is 2.16. The van der Waals surface area contributed by atoms with E-state index in [1.807, 2.05) is 0 Å². The van der Waals surface area contributed by atoms with E-state index in [1.165, 1.54) is 24.4 Å². The van der Waals surface area contributed by atoms with Crippen LogP contribution in [0, 0.1) is 11.3 Å². The zero-order valence-electron chi connectivity index (χ0n) is 7.14. The number of hydrogen-bond acceptors (Lipinski definition) is 4. The molecule has 1 rings (SSSR count). The Morgan fingerprint density at radius 1 is 1.71 bits per heavy atom. The van der Waals surface area contributed by atoms with Gasteiger partial charge in [0.2, 0.25) is 0 Å². The van der Waals surface area contributed by atoms with Crippen LogP contribution in [0.5, 0.6) is 0 Å². The molecule has 0 aliphatic carbocycles. The highest BCUT2D eigenvalue weighted by Crippen LogP contribution is 2.11. The fourth-order valence-corrected chi connectivity index (χ4v) is 0.887. The summed E-state index contributed by atoms with van der Waals surface area (Å²) >= 11 is 0. The van der Waals surface area contributed by atoms with Crippen molar-refractivity contribution in [2.45, 2.75) is 0 Å². The standard InChI is InChI=1S/C9H7N3O2/c10-3-1-2-6-4-7(9(13)14)8(11)12-5-6/h1-2,4-5H,(H2,11,12)(H,13,14). The van der Waals surface area contributed by atoms with Crippen LogP contribution in [-0.2, 0) is 0 Å². The fourth-order valence-electron chi connectivity index (χ4n) is 0.887. The number of aromatic carboxylic acids is 1. The van der Waals surface area contributed by atoms with Crippen LogP contribution < -0.4 is 5.73 Å². The highest BCUT2D eigenvalue weighted by molar-refractivity contribution is 5.93. The molecule has 0 aliphatic heterocycles. The number of anilines is 1. The quantitative estimate of drug-likeness (QED) is 0.673. The second-order valence-electron chi connectivity index (χ2n) is 2.47. The number of carboxylic acid groups (broad SMARTS) is 1. The van der Waals surface area contributed by atoms with Gasteiger partial charge in [0.25, 0.3) is 0 Å². The number of aromatic nitrogens is 1. The molecule has 0 saturated heterocycles. The molecule has 1 aromatic heterocycles. The van der Waals surface area contributed by atoms with Gasteiger partial charge in [-0.15, -0.1) is 0 Å². The van der Waals surface area contributed by atoms with E-state index in [0.717, 1.165) is 0 Å². The number of carbonyl (C=O) groups is 1. The Kier molecular flexibility index (Phi) is 2.82. The first kappa shape index (κ1) is 9.74. The predicted molar refractivity (Wildman–Crippen MR) is 50.3 cm³/mol. The van der Waals surface area contributed by atoms with Crippen LogP contribution in [0.4, 0.5) is 5.82 Å². The second-order valence-corrected chi connectivity index (χ2v) is 2.47. The SMILES string of the molecule is N#CC=Cc1cnc(N)c(C(=O)O)c1. The molecule has 0 amide bonds. The Balaban J connectivity index is 3.14. The van der Waals surface area contributed by atoms with Crippen molar-refractivity contribution < 1.29 is 9.90 Å². The average molecular weight is 189 g/mol. The van der Waals surface area contributed by atoms with Gasteiger partial charge in [-0.3, -0.25) is 0 Å². The van der Waals surface area contributed by atoms with Crippen molar-refractivity contribution in [3.8, 4) is 6.07 Å². The van der Waals surface area contributed by atoms with E-state index in [4.69, 9.17) is 16.1 Å². The monoisotopic (exact) mass is 189 g/mol. The van der Waals surface area contributed by atoms with Crippen LogP contribution in [0.25, 0.3) is 6.08 Å². The molecule has 0 atom stereocenters. The van der Waals surface area contributed by atoms with Gasteiger partial charge in [-0.25, -0.2) is 9.78 Å². The molecule has 1 aromatic rings. The normalized spacial score (nSPS) is 9.93. The van der Waals surface area contributed by atoms with Gasteiger partial charge in [-0.1, -0.05) is 0 Å². The first-order valence-corrected chi connectivity index (χ1v) is 3.70. The first-order valence-electron chi connectivity index (χ1n) is 3.70. The summed E-state index contributed by atoms with van der Waals surface area (Å²) in [6, 6.07) is 3.15. The van der Waals surface area contributed by atoms with E-state index in [0.29, 0.717) is 5.56 Å². The van der Waals surface area contributed by atoms with E-state index >= 15 is 0 Å².